The minimum absolute atomic E-state index is 0.0112. The normalized spacial score (nSPS) is 48.5. The summed E-state index contributed by atoms with van der Waals surface area (Å²) in [5.74, 6) is 0.580. The van der Waals surface area contributed by atoms with E-state index in [-0.39, 0.29) is 50.7 Å². The van der Waals surface area contributed by atoms with Crippen LogP contribution in [0.4, 0.5) is 0 Å². The van der Waals surface area contributed by atoms with Crippen molar-refractivity contribution in [3.8, 4) is 0 Å². The number of esters is 1. The third-order valence-corrected chi connectivity index (χ3v) is 12.4. The Morgan fingerprint density at radius 3 is 2.20 bits per heavy atom. The van der Waals surface area contributed by atoms with Gasteiger partial charge in [0.25, 0.3) is 0 Å². The predicted molar refractivity (Wildman–Crippen MR) is 136 cm³/mol. The van der Waals surface area contributed by atoms with Crippen molar-refractivity contribution in [2.45, 2.75) is 99.8 Å². The zero-order valence-corrected chi connectivity index (χ0v) is 23.1. The Morgan fingerprint density at radius 2 is 1.54 bits per heavy atom. The lowest BCUT2D eigenvalue weighted by Gasteiger charge is -2.68. The van der Waals surface area contributed by atoms with Crippen LogP contribution in [0.3, 0.4) is 0 Å². The molecule has 35 heavy (non-hydrogen) atoms. The molecule has 192 valence electrons. The predicted octanol–water partition coefficient (Wildman–Crippen LogP) is 6.63. The first kappa shape index (κ1) is 25.0. The Bertz CT molecular complexity index is 1080. The van der Waals surface area contributed by atoms with E-state index in [9.17, 15) is 14.4 Å². The van der Waals surface area contributed by atoms with E-state index in [1.54, 1.807) is 0 Å². The van der Waals surface area contributed by atoms with E-state index in [0.717, 1.165) is 44.9 Å². The number of fused-ring (bicyclic) bond motifs is 7. The summed E-state index contributed by atoms with van der Waals surface area (Å²) in [6, 6.07) is 0. The minimum Gasteiger partial charge on any atom is -0.468 e. The third kappa shape index (κ3) is 2.95. The highest BCUT2D eigenvalue weighted by Crippen LogP contribution is 2.74. The molecule has 5 aliphatic carbocycles. The summed E-state index contributed by atoms with van der Waals surface area (Å²) in [6.07, 6.45) is 11.3. The van der Waals surface area contributed by atoms with Crippen molar-refractivity contribution in [2.24, 2.45) is 44.3 Å². The topological polar surface area (TPSA) is 60.4 Å². The number of carbonyl (C=O) groups is 3. The molecule has 0 aromatic carbocycles. The number of methoxy groups -OCH3 is 1. The Labute approximate surface area is 211 Å². The third-order valence-electron chi connectivity index (χ3n) is 12.4. The summed E-state index contributed by atoms with van der Waals surface area (Å²) in [5.41, 5.74) is 0.877. The van der Waals surface area contributed by atoms with Crippen LogP contribution in [0.5, 0.6) is 0 Å². The van der Waals surface area contributed by atoms with Crippen molar-refractivity contribution in [3.05, 3.63) is 23.3 Å². The molecule has 0 aliphatic heterocycles. The average molecular weight is 481 g/mol. The fourth-order valence-electron chi connectivity index (χ4n) is 9.79. The molecule has 4 nitrogen and oxygen atoms in total. The molecule has 0 aromatic heterocycles. The van der Waals surface area contributed by atoms with Crippen molar-refractivity contribution in [3.63, 3.8) is 0 Å². The quantitative estimate of drug-likeness (QED) is 0.395. The highest BCUT2D eigenvalue weighted by Gasteiger charge is 2.69. The van der Waals surface area contributed by atoms with Crippen LogP contribution in [0, 0.1) is 44.3 Å². The summed E-state index contributed by atoms with van der Waals surface area (Å²) >= 11 is 0. The van der Waals surface area contributed by atoms with Crippen molar-refractivity contribution >= 4 is 17.5 Å². The van der Waals surface area contributed by atoms with Crippen LogP contribution in [-0.4, -0.2) is 24.6 Å². The highest BCUT2D eigenvalue weighted by atomic mass is 16.5. The molecule has 3 saturated carbocycles. The standard InChI is InChI=1S/C31H44O4/c1-26(2)22-9-12-31(7)24(29(22,5)11-10-23(26)33)21(32)17-19-20-18-28(4,25(34)35-8)14-13-27(20,3)15-16-30(19,31)6/h17-18,22,24H,9-16H2,1-8H3/t22-,24+,27+,28-,29+,30-,31+/m0/s1. The van der Waals surface area contributed by atoms with Gasteiger partial charge in [0.15, 0.2) is 5.78 Å². The number of carbonyl (C=O) groups excluding carboxylic acids is 3. The van der Waals surface area contributed by atoms with Gasteiger partial charge in [0.2, 0.25) is 0 Å². The monoisotopic (exact) mass is 480 g/mol. The number of Topliss-reactive ketones (excluding diaryl/α,β-unsaturated/α-hetero) is 1. The fraction of sp³-hybridized carbons (Fsp3) is 0.774. The molecule has 0 unspecified atom stereocenters. The molecular weight excluding hydrogens is 436 g/mol. The van der Waals surface area contributed by atoms with Gasteiger partial charge in [-0.3, -0.25) is 14.4 Å². The molecule has 0 aromatic rings. The largest absolute Gasteiger partial charge is 0.468 e. The minimum atomic E-state index is -0.652. The maximum Gasteiger partial charge on any atom is 0.315 e. The molecule has 7 atom stereocenters. The second-order valence-electron chi connectivity index (χ2n) is 14.4. The molecule has 0 saturated heterocycles. The SMILES string of the molecule is COC(=O)[C@]1(C)C=C2C3=CC(=O)[C@@H]4[C@]5(C)CCC(=O)C(C)(C)[C@@H]5CC[C@@]4(C)[C@@]3(C)CC[C@@]2(C)CC1. The van der Waals surface area contributed by atoms with Crippen LogP contribution >= 0.6 is 0 Å². The van der Waals surface area contributed by atoms with Gasteiger partial charge in [-0.2, -0.15) is 0 Å². The van der Waals surface area contributed by atoms with E-state index in [0.29, 0.717) is 12.2 Å². The summed E-state index contributed by atoms with van der Waals surface area (Å²) in [5, 5.41) is 0. The maximum absolute atomic E-state index is 14.2. The first-order chi connectivity index (χ1) is 16.1. The number of allylic oxidation sites excluding steroid dienone is 3. The average Bonchev–Trinajstić information content (AvgIpc) is 2.78. The zero-order valence-electron chi connectivity index (χ0n) is 23.1. The van der Waals surface area contributed by atoms with Crippen LogP contribution < -0.4 is 0 Å². The molecule has 0 N–H and O–H groups in total. The van der Waals surface area contributed by atoms with Gasteiger partial charge in [-0.25, -0.2) is 0 Å². The van der Waals surface area contributed by atoms with Gasteiger partial charge >= 0.3 is 5.97 Å². The summed E-state index contributed by atoms with van der Waals surface area (Å²) in [4.78, 5) is 39.9. The Hall–Kier alpha value is -1.71. The van der Waals surface area contributed by atoms with E-state index >= 15 is 0 Å². The molecule has 0 amide bonds. The lowest BCUT2D eigenvalue weighted by molar-refractivity contribution is -0.182. The van der Waals surface area contributed by atoms with E-state index in [1.807, 2.05) is 13.0 Å². The van der Waals surface area contributed by atoms with Crippen LogP contribution in [0.25, 0.3) is 0 Å². The first-order valence-corrected chi connectivity index (χ1v) is 13.7. The molecular formula is C31H44O4. The second-order valence-corrected chi connectivity index (χ2v) is 14.4. The number of ketones is 2. The molecule has 5 rings (SSSR count). The fourth-order valence-corrected chi connectivity index (χ4v) is 9.79. The van der Waals surface area contributed by atoms with Crippen molar-refractivity contribution < 1.29 is 19.1 Å². The molecule has 4 heteroatoms. The zero-order chi connectivity index (χ0) is 25.8. The van der Waals surface area contributed by atoms with Gasteiger partial charge in [0, 0.05) is 17.8 Å². The summed E-state index contributed by atoms with van der Waals surface area (Å²) in [7, 11) is 1.47. The smallest absolute Gasteiger partial charge is 0.315 e. The van der Waals surface area contributed by atoms with E-state index in [1.165, 1.54) is 18.3 Å². The summed E-state index contributed by atoms with van der Waals surface area (Å²) < 4.78 is 5.20. The molecule has 0 bridgehead atoms. The van der Waals surface area contributed by atoms with Crippen LogP contribution in [0.1, 0.15) is 99.8 Å². The number of ether oxygens (including phenoxy) is 1. The number of rotatable bonds is 1. The first-order valence-electron chi connectivity index (χ1n) is 13.7. The Balaban J connectivity index is 1.67. The second kappa shape index (κ2) is 7.19. The van der Waals surface area contributed by atoms with Gasteiger partial charge in [-0.15, -0.1) is 0 Å². The van der Waals surface area contributed by atoms with E-state index in [4.69, 9.17) is 4.74 Å². The van der Waals surface area contributed by atoms with Gasteiger partial charge in [0.1, 0.15) is 5.78 Å². The molecule has 5 aliphatic rings. The van der Waals surface area contributed by atoms with Crippen molar-refractivity contribution in [1.29, 1.82) is 0 Å². The molecule has 0 spiro atoms. The summed E-state index contributed by atoms with van der Waals surface area (Å²) in [6.45, 7) is 15.6. The van der Waals surface area contributed by atoms with Gasteiger partial charge in [-0.05, 0) is 96.7 Å². The molecule has 3 fully saturated rings. The molecule has 0 radical (unpaired) electrons. The Morgan fingerprint density at radius 1 is 0.886 bits per heavy atom. The van der Waals surface area contributed by atoms with Gasteiger partial charge < -0.3 is 4.74 Å². The lowest BCUT2D eigenvalue weighted by Crippen LogP contribution is -2.65. The lowest BCUT2D eigenvalue weighted by atomic mass is 9.34. The number of hydrogen-bond acceptors (Lipinski definition) is 4. The van der Waals surface area contributed by atoms with Crippen LogP contribution in [0.2, 0.25) is 0 Å². The van der Waals surface area contributed by atoms with E-state index < -0.39 is 5.41 Å². The number of hydrogen-bond donors (Lipinski definition) is 0. The van der Waals surface area contributed by atoms with Gasteiger partial charge in [-0.1, -0.05) is 47.6 Å². The van der Waals surface area contributed by atoms with Crippen molar-refractivity contribution in [1.82, 2.24) is 0 Å². The van der Waals surface area contributed by atoms with E-state index in [2.05, 4.69) is 47.6 Å². The highest BCUT2D eigenvalue weighted by molar-refractivity contribution is 5.97. The molecule has 0 heterocycles. The van der Waals surface area contributed by atoms with Crippen molar-refractivity contribution in [2.75, 3.05) is 7.11 Å². The van der Waals surface area contributed by atoms with Crippen LogP contribution in [0.15, 0.2) is 23.3 Å². The van der Waals surface area contributed by atoms with Gasteiger partial charge in [0.05, 0.1) is 12.5 Å². The maximum atomic E-state index is 14.2. The Kier molecular flexibility index (Phi) is 5.13. The van der Waals surface area contributed by atoms with Crippen LogP contribution in [-0.2, 0) is 19.1 Å².